The number of rotatable bonds is 5. The first-order chi connectivity index (χ1) is 16.4. The van der Waals surface area contributed by atoms with Gasteiger partial charge in [0.2, 0.25) is 0 Å². The Bertz CT molecular complexity index is 1030. The highest BCUT2D eigenvalue weighted by Crippen LogP contribution is 2.30. The van der Waals surface area contributed by atoms with Crippen molar-refractivity contribution >= 4 is 45.2 Å². The SMILES string of the molecule is CC[C@H]1CN(c2ncc(C(=O)NC)cc2Cl)CCN1C1CCN(C(=O)c2ccc(Br)cc2)CC1.[HH]. The molecule has 0 saturated carbocycles. The number of hydrogen-bond donors (Lipinski definition) is 1. The molecular weight excluding hydrogens is 518 g/mol. The summed E-state index contributed by atoms with van der Waals surface area (Å²) in [4.78, 5) is 36.1. The van der Waals surface area contributed by atoms with E-state index in [9.17, 15) is 9.59 Å². The predicted octanol–water partition coefficient (Wildman–Crippen LogP) is 4.31. The lowest BCUT2D eigenvalue weighted by Gasteiger charge is -2.47. The van der Waals surface area contributed by atoms with Gasteiger partial charge in [0.25, 0.3) is 11.8 Å². The molecule has 1 atom stereocenters. The van der Waals surface area contributed by atoms with Crippen molar-refractivity contribution in [2.24, 2.45) is 0 Å². The van der Waals surface area contributed by atoms with Gasteiger partial charge < -0.3 is 15.1 Å². The average molecular weight is 551 g/mol. The van der Waals surface area contributed by atoms with Crippen LogP contribution in [0.2, 0.25) is 5.02 Å². The molecule has 0 bridgehead atoms. The Morgan fingerprint density at radius 2 is 1.85 bits per heavy atom. The number of anilines is 1. The quantitative estimate of drug-likeness (QED) is 0.601. The van der Waals surface area contributed by atoms with E-state index in [2.05, 4.69) is 43.0 Å². The molecule has 34 heavy (non-hydrogen) atoms. The van der Waals surface area contributed by atoms with Crippen LogP contribution in [0.3, 0.4) is 0 Å². The van der Waals surface area contributed by atoms with E-state index in [0.717, 1.165) is 67.8 Å². The van der Waals surface area contributed by atoms with E-state index in [1.807, 2.05) is 29.2 Å². The fraction of sp³-hybridized carbons (Fsp3) is 0.480. The standard InChI is InChI=1S/C25H31BrClN5O2.H2/c1-3-20-16-31(23-22(27)14-18(15-29-23)24(33)28-2)12-13-32(20)21-8-10-30(11-9-21)25(34)17-4-6-19(26)7-5-17;/h4-7,14-15,20-21H,3,8-13,16H2,1-2H3,(H,28,33);1H/t20-;/m0./s1. The third-order valence-corrected chi connectivity index (χ3v) is 7.73. The fourth-order valence-corrected chi connectivity index (χ4v) is 5.56. The van der Waals surface area contributed by atoms with Crippen LogP contribution < -0.4 is 10.2 Å². The molecule has 2 aliphatic rings. The minimum atomic E-state index is -0.192. The summed E-state index contributed by atoms with van der Waals surface area (Å²) in [5, 5.41) is 3.11. The van der Waals surface area contributed by atoms with Gasteiger partial charge >= 0.3 is 0 Å². The zero-order chi connectivity index (χ0) is 24.2. The number of hydrogen-bond acceptors (Lipinski definition) is 5. The summed E-state index contributed by atoms with van der Waals surface area (Å²) < 4.78 is 0.978. The number of likely N-dealkylation sites (tertiary alicyclic amines) is 1. The van der Waals surface area contributed by atoms with E-state index in [1.54, 1.807) is 19.3 Å². The van der Waals surface area contributed by atoms with Crippen molar-refractivity contribution < 1.29 is 11.0 Å². The lowest BCUT2D eigenvalue weighted by Crippen LogP contribution is -2.58. The number of aromatic nitrogens is 1. The molecule has 184 valence electrons. The monoisotopic (exact) mass is 549 g/mol. The normalized spacial score (nSPS) is 19.8. The first-order valence-electron chi connectivity index (χ1n) is 11.8. The van der Waals surface area contributed by atoms with Crippen molar-refractivity contribution in [1.29, 1.82) is 0 Å². The van der Waals surface area contributed by atoms with Crippen molar-refractivity contribution in [3.8, 4) is 0 Å². The molecule has 0 aliphatic carbocycles. The Morgan fingerprint density at radius 3 is 2.47 bits per heavy atom. The number of carbonyl (C=O) groups excluding carboxylic acids is 2. The lowest BCUT2D eigenvalue weighted by atomic mass is 9.97. The molecule has 2 amide bonds. The third-order valence-electron chi connectivity index (χ3n) is 6.92. The molecule has 0 unspecified atom stereocenters. The van der Waals surface area contributed by atoms with E-state index in [0.29, 0.717) is 22.7 Å². The molecule has 1 aromatic carbocycles. The maximum Gasteiger partial charge on any atom is 0.253 e. The van der Waals surface area contributed by atoms with Gasteiger partial charge in [0.05, 0.1) is 10.6 Å². The van der Waals surface area contributed by atoms with Crippen molar-refractivity contribution in [3.05, 3.63) is 57.2 Å². The molecule has 2 aliphatic heterocycles. The molecule has 1 aromatic heterocycles. The van der Waals surface area contributed by atoms with E-state index < -0.39 is 0 Å². The Morgan fingerprint density at radius 1 is 1.15 bits per heavy atom. The molecule has 1 N–H and O–H groups in total. The van der Waals surface area contributed by atoms with Crippen LogP contribution in [0.25, 0.3) is 0 Å². The van der Waals surface area contributed by atoms with E-state index >= 15 is 0 Å². The Labute approximate surface area is 216 Å². The molecule has 0 radical (unpaired) electrons. The molecule has 9 heteroatoms. The maximum absolute atomic E-state index is 12.9. The van der Waals surface area contributed by atoms with Crippen LogP contribution in [0.5, 0.6) is 0 Å². The van der Waals surface area contributed by atoms with Crippen LogP contribution in [0.4, 0.5) is 5.82 Å². The molecule has 4 rings (SSSR count). The highest BCUT2D eigenvalue weighted by molar-refractivity contribution is 9.10. The summed E-state index contributed by atoms with van der Waals surface area (Å²) in [6.45, 7) is 6.40. The van der Waals surface area contributed by atoms with Gasteiger partial charge in [0.1, 0.15) is 5.82 Å². The zero-order valence-corrected chi connectivity index (χ0v) is 22.0. The van der Waals surface area contributed by atoms with Gasteiger partial charge in [-0.25, -0.2) is 4.98 Å². The van der Waals surface area contributed by atoms with Crippen molar-refractivity contribution in [2.75, 3.05) is 44.7 Å². The largest absolute Gasteiger partial charge is 0.355 e. The molecule has 3 heterocycles. The first kappa shape index (κ1) is 24.9. The van der Waals surface area contributed by atoms with Gasteiger partial charge in [-0.05, 0) is 49.6 Å². The van der Waals surface area contributed by atoms with Gasteiger partial charge in [-0.15, -0.1) is 0 Å². The number of piperazine rings is 1. The second-order valence-electron chi connectivity index (χ2n) is 8.88. The fourth-order valence-electron chi connectivity index (χ4n) is 5.01. The van der Waals surface area contributed by atoms with Gasteiger partial charge in [0, 0.05) is 69.5 Å². The van der Waals surface area contributed by atoms with Crippen LogP contribution in [-0.2, 0) is 0 Å². The molecule has 2 fully saturated rings. The number of amides is 2. The minimum absolute atomic E-state index is 0. The van der Waals surface area contributed by atoms with E-state index in [4.69, 9.17) is 11.6 Å². The predicted molar refractivity (Wildman–Crippen MR) is 141 cm³/mol. The zero-order valence-electron chi connectivity index (χ0n) is 19.6. The molecule has 2 aromatic rings. The van der Waals surface area contributed by atoms with Crippen LogP contribution in [0, 0.1) is 0 Å². The summed E-state index contributed by atoms with van der Waals surface area (Å²) in [6, 6.07) is 10.1. The van der Waals surface area contributed by atoms with Gasteiger partial charge in [-0.3, -0.25) is 14.5 Å². The number of halogens is 2. The number of carbonyl (C=O) groups is 2. The number of nitrogens with one attached hydrogen (secondary N) is 1. The average Bonchev–Trinajstić information content (AvgIpc) is 2.88. The number of pyridine rings is 1. The summed E-state index contributed by atoms with van der Waals surface area (Å²) in [5.41, 5.74) is 1.21. The van der Waals surface area contributed by atoms with Crippen molar-refractivity contribution in [1.82, 2.24) is 20.1 Å². The molecule has 7 nitrogen and oxygen atoms in total. The summed E-state index contributed by atoms with van der Waals surface area (Å²) >= 11 is 9.94. The highest BCUT2D eigenvalue weighted by Gasteiger charge is 2.34. The summed E-state index contributed by atoms with van der Waals surface area (Å²) in [6.07, 6.45) is 4.59. The van der Waals surface area contributed by atoms with Crippen LogP contribution in [0.15, 0.2) is 41.0 Å². The second kappa shape index (κ2) is 11.1. The Hall–Kier alpha value is -2.16. The van der Waals surface area contributed by atoms with Gasteiger partial charge in [-0.1, -0.05) is 34.5 Å². The Kier molecular flexibility index (Phi) is 8.11. The number of benzene rings is 1. The van der Waals surface area contributed by atoms with Crippen molar-refractivity contribution in [2.45, 2.75) is 38.3 Å². The number of nitrogens with zero attached hydrogens (tertiary/aromatic N) is 4. The first-order valence-corrected chi connectivity index (χ1v) is 13.0. The summed E-state index contributed by atoms with van der Waals surface area (Å²) in [7, 11) is 1.59. The van der Waals surface area contributed by atoms with E-state index in [1.165, 1.54) is 0 Å². The van der Waals surface area contributed by atoms with Crippen LogP contribution >= 0.6 is 27.5 Å². The lowest BCUT2D eigenvalue weighted by molar-refractivity contribution is 0.0490. The molecule has 0 spiro atoms. The molecule has 2 saturated heterocycles. The maximum atomic E-state index is 12.9. The third kappa shape index (κ3) is 5.39. The minimum Gasteiger partial charge on any atom is -0.355 e. The topological polar surface area (TPSA) is 68.8 Å². The molecular formula is C25H33BrClN5O2. The van der Waals surface area contributed by atoms with Crippen LogP contribution in [-0.4, -0.2) is 78.5 Å². The van der Waals surface area contributed by atoms with Crippen LogP contribution in [0.1, 0.15) is 48.3 Å². The second-order valence-corrected chi connectivity index (χ2v) is 10.2. The van der Waals surface area contributed by atoms with Gasteiger partial charge in [-0.2, -0.15) is 0 Å². The Balaban J connectivity index is 0.00000342. The summed E-state index contributed by atoms with van der Waals surface area (Å²) in [5.74, 6) is 0.660. The van der Waals surface area contributed by atoms with Crippen molar-refractivity contribution in [3.63, 3.8) is 0 Å². The van der Waals surface area contributed by atoms with E-state index in [-0.39, 0.29) is 13.2 Å². The highest BCUT2D eigenvalue weighted by atomic mass is 79.9. The van der Waals surface area contributed by atoms with Gasteiger partial charge in [0.15, 0.2) is 0 Å². The number of piperidine rings is 1. The smallest absolute Gasteiger partial charge is 0.253 e.